The van der Waals surface area contributed by atoms with Crippen LogP contribution in [-0.2, 0) is 11.2 Å². The molecule has 1 fully saturated rings. The minimum Gasteiger partial charge on any atom is -0.355 e. The molecule has 1 aliphatic carbocycles. The van der Waals surface area contributed by atoms with Crippen LogP contribution in [0.2, 0.25) is 0 Å². The summed E-state index contributed by atoms with van der Waals surface area (Å²) >= 11 is 0. The fourth-order valence-electron chi connectivity index (χ4n) is 2.66. The minimum atomic E-state index is 0.124. The number of pyridine rings is 1. The molecule has 98 valence electrons. The lowest BCUT2D eigenvalue weighted by Gasteiger charge is -2.17. The van der Waals surface area contributed by atoms with Gasteiger partial charge in [0.1, 0.15) is 0 Å². The number of amides is 1. The Morgan fingerprint density at radius 3 is 3.06 bits per heavy atom. The molecule has 2 atom stereocenters. The lowest BCUT2D eigenvalue weighted by Crippen LogP contribution is -2.36. The number of rotatable bonds is 5. The van der Waals surface area contributed by atoms with E-state index in [0.717, 1.165) is 31.4 Å². The van der Waals surface area contributed by atoms with Crippen LogP contribution in [0.5, 0.6) is 0 Å². The summed E-state index contributed by atoms with van der Waals surface area (Å²) in [5.74, 6) is 0.664. The molecule has 4 heteroatoms. The molecule has 0 saturated heterocycles. The summed E-state index contributed by atoms with van der Waals surface area (Å²) in [6, 6.07) is 5.84. The summed E-state index contributed by atoms with van der Waals surface area (Å²) in [5, 5.41) is 3.00. The molecule has 1 amide bonds. The van der Waals surface area contributed by atoms with E-state index < -0.39 is 0 Å². The number of nitrogens with one attached hydrogen (secondary N) is 1. The number of hydrogen-bond acceptors (Lipinski definition) is 3. The zero-order valence-electron chi connectivity index (χ0n) is 10.6. The normalized spacial score (nSPS) is 22.9. The summed E-state index contributed by atoms with van der Waals surface area (Å²) in [5.41, 5.74) is 6.71. The lowest BCUT2D eigenvalue weighted by molar-refractivity contribution is -0.125. The van der Waals surface area contributed by atoms with Crippen LogP contribution in [0.4, 0.5) is 0 Å². The van der Waals surface area contributed by atoms with Gasteiger partial charge in [0.05, 0.1) is 0 Å². The van der Waals surface area contributed by atoms with Crippen molar-refractivity contribution >= 4 is 5.91 Å². The van der Waals surface area contributed by atoms with Crippen molar-refractivity contribution in [3.05, 3.63) is 30.1 Å². The Kier molecular flexibility index (Phi) is 4.70. The molecule has 1 heterocycles. The molecule has 1 aromatic heterocycles. The van der Waals surface area contributed by atoms with Gasteiger partial charge >= 0.3 is 0 Å². The fraction of sp³-hybridized carbons (Fsp3) is 0.571. The number of carbonyl (C=O) groups excluding carboxylic acids is 1. The van der Waals surface area contributed by atoms with Crippen molar-refractivity contribution in [2.45, 2.75) is 25.7 Å². The third-order valence-electron chi connectivity index (χ3n) is 3.71. The molecule has 2 rings (SSSR count). The van der Waals surface area contributed by atoms with Gasteiger partial charge in [0.15, 0.2) is 0 Å². The van der Waals surface area contributed by atoms with Crippen molar-refractivity contribution in [3.63, 3.8) is 0 Å². The van der Waals surface area contributed by atoms with E-state index in [2.05, 4.69) is 10.3 Å². The van der Waals surface area contributed by atoms with Crippen LogP contribution in [-0.4, -0.2) is 24.0 Å². The SMILES string of the molecule is NC[C@H]1CCC[C@H]1C(=O)NCCc1ccccn1. The molecule has 0 spiro atoms. The number of nitrogens with zero attached hydrogens (tertiary/aromatic N) is 1. The van der Waals surface area contributed by atoms with Crippen LogP contribution in [0.25, 0.3) is 0 Å². The van der Waals surface area contributed by atoms with Crippen molar-refractivity contribution < 1.29 is 4.79 Å². The van der Waals surface area contributed by atoms with Gasteiger partial charge in [-0.05, 0) is 37.4 Å². The number of carbonyl (C=O) groups is 1. The van der Waals surface area contributed by atoms with E-state index in [9.17, 15) is 4.79 Å². The van der Waals surface area contributed by atoms with Gasteiger partial charge in [0, 0.05) is 30.8 Å². The Morgan fingerprint density at radius 2 is 2.33 bits per heavy atom. The highest BCUT2D eigenvalue weighted by Gasteiger charge is 2.31. The van der Waals surface area contributed by atoms with Gasteiger partial charge < -0.3 is 11.1 Å². The van der Waals surface area contributed by atoms with Crippen molar-refractivity contribution in [1.82, 2.24) is 10.3 Å². The van der Waals surface area contributed by atoms with Crippen LogP contribution in [0.1, 0.15) is 25.0 Å². The van der Waals surface area contributed by atoms with Gasteiger partial charge in [0.25, 0.3) is 0 Å². The Morgan fingerprint density at radius 1 is 1.44 bits per heavy atom. The van der Waals surface area contributed by atoms with Crippen molar-refractivity contribution in [2.75, 3.05) is 13.1 Å². The third-order valence-corrected chi connectivity index (χ3v) is 3.71. The molecule has 1 saturated carbocycles. The predicted molar refractivity (Wildman–Crippen MR) is 70.8 cm³/mol. The number of hydrogen-bond donors (Lipinski definition) is 2. The van der Waals surface area contributed by atoms with Crippen LogP contribution in [0, 0.1) is 11.8 Å². The van der Waals surface area contributed by atoms with Crippen LogP contribution in [0.3, 0.4) is 0 Å². The molecule has 3 N–H and O–H groups in total. The standard InChI is InChI=1S/C14H21N3O/c15-10-11-4-3-6-13(11)14(18)17-9-7-12-5-1-2-8-16-12/h1-2,5,8,11,13H,3-4,6-7,9-10,15H2,(H,17,18)/t11-,13-/m1/s1. The van der Waals surface area contributed by atoms with Gasteiger partial charge in [0.2, 0.25) is 5.91 Å². The van der Waals surface area contributed by atoms with Gasteiger partial charge in [-0.1, -0.05) is 12.5 Å². The second-order valence-electron chi connectivity index (χ2n) is 4.90. The van der Waals surface area contributed by atoms with Crippen molar-refractivity contribution in [3.8, 4) is 0 Å². The summed E-state index contributed by atoms with van der Waals surface area (Å²) in [6.45, 7) is 1.28. The lowest BCUT2D eigenvalue weighted by atomic mass is 9.95. The van der Waals surface area contributed by atoms with Crippen LogP contribution in [0.15, 0.2) is 24.4 Å². The molecule has 0 radical (unpaired) electrons. The van der Waals surface area contributed by atoms with Gasteiger partial charge in [-0.15, -0.1) is 0 Å². The highest BCUT2D eigenvalue weighted by Crippen LogP contribution is 2.30. The van der Waals surface area contributed by atoms with Gasteiger partial charge in [-0.2, -0.15) is 0 Å². The topological polar surface area (TPSA) is 68.0 Å². The first kappa shape index (κ1) is 13.0. The molecule has 1 aliphatic rings. The maximum Gasteiger partial charge on any atom is 0.223 e. The third kappa shape index (κ3) is 3.29. The monoisotopic (exact) mass is 247 g/mol. The molecular weight excluding hydrogens is 226 g/mol. The smallest absolute Gasteiger partial charge is 0.223 e. The Hall–Kier alpha value is -1.42. The first-order valence-electron chi connectivity index (χ1n) is 6.69. The second kappa shape index (κ2) is 6.50. The van der Waals surface area contributed by atoms with E-state index in [4.69, 9.17) is 5.73 Å². The quantitative estimate of drug-likeness (QED) is 0.819. The van der Waals surface area contributed by atoms with Crippen LogP contribution < -0.4 is 11.1 Å². The molecule has 1 aromatic rings. The molecular formula is C14H21N3O. The summed E-state index contributed by atoms with van der Waals surface area (Å²) in [6.07, 6.45) is 5.76. The highest BCUT2D eigenvalue weighted by atomic mass is 16.1. The van der Waals surface area contributed by atoms with E-state index in [1.165, 1.54) is 0 Å². The zero-order valence-corrected chi connectivity index (χ0v) is 10.6. The first-order chi connectivity index (χ1) is 8.81. The maximum absolute atomic E-state index is 12.0. The minimum absolute atomic E-state index is 0.124. The molecule has 0 unspecified atom stereocenters. The Balaban J connectivity index is 1.75. The maximum atomic E-state index is 12.0. The number of aromatic nitrogens is 1. The zero-order chi connectivity index (χ0) is 12.8. The summed E-state index contributed by atoms with van der Waals surface area (Å²) < 4.78 is 0. The molecule has 18 heavy (non-hydrogen) atoms. The Labute approximate surface area is 108 Å². The summed E-state index contributed by atoms with van der Waals surface area (Å²) in [4.78, 5) is 16.3. The molecule has 0 aliphatic heterocycles. The second-order valence-corrected chi connectivity index (χ2v) is 4.90. The number of nitrogens with two attached hydrogens (primary N) is 1. The van der Waals surface area contributed by atoms with Crippen LogP contribution >= 0.6 is 0 Å². The van der Waals surface area contributed by atoms with E-state index >= 15 is 0 Å². The molecule has 0 bridgehead atoms. The largest absolute Gasteiger partial charge is 0.355 e. The summed E-state index contributed by atoms with van der Waals surface area (Å²) in [7, 11) is 0. The van der Waals surface area contributed by atoms with E-state index in [1.54, 1.807) is 6.20 Å². The van der Waals surface area contributed by atoms with E-state index in [0.29, 0.717) is 19.0 Å². The van der Waals surface area contributed by atoms with E-state index in [-0.39, 0.29) is 11.8 Å². The van der Waals surface area contributed by atoms with Gasteiger partial charge in [-0.25, -0.2) is 0 Å². The van der Waals surface area contributed by atoms with Gasteiger partial charge in [-0.3, -0.25) is 9.78 Å². The predicted octanol–water partition coefficient (Wildman–Crippen LogP) is 1.12. The fourth-order valence-corrected chi connectivity index (χ4v) is 2.66. The molecule has 4 nitrogen and oxygen atoms in total. The van der Waals surface area contributed by atoms with Crippen molar-refractivity contribution in [2.24, 2.45) is 17.6 Å². The average molecular weight is 247 g/mol. The average Bonchev–Trinajstić information content (AvgIpc) is 2.88. The Bertz CT molecular complexity index is 380. The highest BCUT2D eigenvalue weighted by molar-refractivity contribution is 5.79. The van der Waals surface area contributed by atoms with E-state index in [1.807, 2.05) is 18.2 Å². The first-order valence-corrected chi connectivity index (χ1v) is 6.69. The molecule has 0 aromatic carbocycles. The van der Waals surface area contributed by atoms with Crippen molar-refractivity contribution in [1.29, 1.82) is 0 Å².